The number of benzene rings is 1. The fourth-order valence-electron chi connectivity index (χ4n) is 3.02. The molecule has 130 valence electrons. The predicted octanol–water partition coefficient (Wildman–Crippen LogP) is 2.19. The van der Waals surface area contributed by atoms with Crippen LogP contribution in [0.15, 0.2) is 57.1 Å². The second-order valence-electron chi connectivity index (χ2n) is 5.97. The molecule has 0 fully saturated rings. The van der Waals surface area contributed by atoms with Crippen LogP contribution in [0.5, 0.6) is 0 Å². The van der Waals surface area contributed by atoms with Gasteiger partial charge in [0.2, 0.25) is 5.43 Å². The van der Waals surface area contributed by atoms with Crippen LogP contribution in [-0.2, 0) is 0 Å². The molecule has 3 heterocycles. The fraction of sp³-hybridized carbons (Fsp3) is 0.111. The van der Waals surface area contributed by atoms with E-state index in [-0.39, 0.29) is 10.9 Å². The molecule has 4 aromatic rings. The Labute approximate surface area is 150 Å². The van der Waals surface area contributed by atoms with Gasteiger partial charge in [0.05, 0.1) is 11.6 Å². The van der Waals surface area contributed by atoms with Crippen LogP contribution in [-0.4, -0.2) is 19.7 Å². The number of pyridine rings is 2. The van der Waals surface area contributed by atoms with Gasteiger partial charge >= 0.3 is 0 Å². The molecular weight excluding hydrogens is 356 g/mol. The summed E-state index contributed by atoms with van der Waals surface area (Å²) in [7, 11) is 0. The molecule has 0 spiro atoms. The van der Waals surface area contributed by atoms with Gasteiger partial charge in [0.15, 0.2) is 0 Å². The van der Waals surface area contributed by atoms with Crippen LogP contribution in [0.1, 0.15) is 18.5 Å². The highest BCUT2D eigenvalue weighted by Crippen LogP contribution is 2.17. The van der Waals surface area contributed by atoms with Crippen molar-refractivity contribution in [2.75, 3.05) is 0 Å². The Morgan fingerprint density at radius 3 is 2.73 bits per heavy atom. The molecule has 1 aromatic carbocycles. The average Bonchev–Trinajstić information content (AvgIpc) is 2.64. The molecule has 0 aliphatic rings. The Kier molecular flexibility index (Phi) is 3.73. The Morgan fingerprint density at radius 1 is 1.19 bits per heavy atom. The second-order valence-corrected chi connectivity index (χ2v) is 6.41. The number of aromatic nitrogens is 4. The van der Waals surface area contributed by atoms with Gasteiger partial charge in [-0.1, -0.05) is 17.7 Å². The number of nitrogens with one attached hydrogen (secondary N) is 2. The number of aromatic amines is 2. The van der Waals surface area contributed by atoms with Crippen molar-refractivity contribution in [1.82, 2.24) is 19.7 Å². The number of fused-ring (bicyclic) bond motifs is 2. The van der Waals surface area contributed by atoms with Crippen LogP contribution in [0.2, 0.25) is 5.02 Å². The van der Waals surface area contributed by atoms with Crippen LogP contribution in [0.25, 0.3) is 21.8 Å². The van der Waals surface area contributed by atoms with Gasteiger partial charge in [0.1, 0.15) is 10.9 Å². The summed E-state index contributed by atoms with van der Waals surface area (Å²) in [6.07, 6.45) is 3.22. The van der Waals surface area contributed by atoms with Crippen LogP contribution in [0.4, 0.5) is 0 Å². The van der Waals surface area contributed by atoms with Crippen molar-refractivity contribution in [3.63, 3.8) is 0 Å². The van der Waals surface area contributed by atoms with Crippen molar-refractivity contribution in [3.8, 4) is 0 Å². The summed E-state index contributed by atoms with van der Waals surface area (Å²) < 4.78 is 1.15. The number of hydrogen-bond acceptors (Lipinski definition) is 4. The van der Waals surface area contributed by atoms with Gasteiger partial charge in [-0.25, -0.2) is 4.68 Å². The van der Waals surface area contributed by atoms with Gasteiger partial charge in [0, 0.05) is 22.8 Å². The first-order valence-electron chi connectivity index (χ1n) is 7.87. The maximum Gasteiger partial charge on any atom is 0.287 e. The van der Waals surface area contributed by atoms with Gasteiger partial charge in [-0.05, 0) is 36.8 Å². The maximum absolute atomic E-state index is 13.0. The van der Waals surface area contributed by atoms with E-state index in [9.17, 15) is 14.4 Å². The standard InChI is InChI=1S/C18H13ClN4O3/c1-9(10-3-2-6-20-8-10)23-18(26)14-15(17(25)22-23)21-13-7-11(19)4-5-12(13)16(14)24/h2-9H,1H3,(H,21,24)(H,22,25). The highest BCUT2D eigenvalue weighted by molar-refractivity contribution is 6.31. The van der Waals surface area contributed by atoms with Crippen molar-refractivity contribution in [1.29, 1.82) is 0 Å². The predicted molar refractivity (Wildman–Crippen MR) is 100 cm³/mol. The lowest BCUT2D eigenvalue weighted by atomic mass is 10.1. The van der Waals surface area contributed by atoms with Gasteiger partial charge in [-0.15, -0.1) is 0 Å². The lowest BCUT2D eigenvalue weighted by Crippen LogP contribution is -2.35. The first-order chi connectivity index (χ1) is 12.5. The molecule has 0 saturated heterocycles. The highest BCUT2D eigenvalue weighted by Gasteiger charge is 2.18. The molecule has 0 saturated carbocycles. The SMILES string of the molecule is CC(c1cccnc1)n1[nH]c(=O)c2[nH]c3cc(Cl)ccc3c(=O)c2c1=O. The quantitative estimate of drug-likeness (QED) is 0.529. The summed E-state index contributed by atoms with van der Waals surface area (Å²) in [6, 6.07) is 7.68. The zero-order valence-corrected chi connectivity index (χ0v) is 14.4. The lowest BCUT2D eigenvalue weighted by molar-refractivity contribution is 0.528. The van der Waals surface area contributed by atoms with Crippen LogP contribution < -0.4 is 16.5 Å². The summed E-state index contributed by atoms with van der Waals surface area (Å²) >= 11 is 5.95. The Morgan fingerprint density at radius 2 is 2.00 bits per heavy atom. The smallest absolute Gasteiger partial charge is 0.287 e. The molecule has 1 atom stereocenters. The van der Waals surface area contributed by atoms with E-state index in [4.69, 9.17) is 11.6 Å². The Bertz CT molecular complexity index is 1320. The number of rotatable bonds is 2. The Balaban J connectivity index is 2.09. The van der Waals surface area contributed by atoms with Gasteiger partial charge in [0.25, 0.3) is 11.1 Å². The van der Waals surface area contributed by atoms with Crippen molar-refractivity contribution in [2.24, 2.45) is 0 Å². The fourth-order valence-corrected chi connectivity index (χ4v) is 3.19. The van der Waals surface area contributed by atoms with Crippen molar-refractivity contribution >= 4 is 33.4 Å². The van der Waals surface area contributed by atoms with E-state index in [0.29, 0.717) is 15.9 Å². The second kappa shape index (κ2) is 5.96. The van der Waals surface area contributed by atoms with E-state index in [1.807, 2.05) is 0 Å². The molecule has 4 rings (SSSR count). The topological polar surface area (TPSA) is 101 Å². The number of halogens is 1. The molecule has 3 aromatic heterocycles. The Hall–Kier alpha value is -3.19. The van der Waals surface area contributed by atoms with Crippen LogP contribution >= 0.6 is 11.6 Å². The molecule has 7 nitrogen and oxygen atoms in total. The third-order valence-electron chi connectivity index (χ3n) is 4.40. The zero-order valence-electron chi connectivity index (χ0n) is 13.6. The van der Waals surface area contributed by atoms with Crippen molar-refractivity contribution in [3.05, 3.63) is 84.2 Å². The average molecular weight is 369 g/mol. The van der Waals surface area contributed by atoms with Gasteiger partial charge in [-0.3, -0.25) is 24.5 Å². The number of nitrogens with zero attached hydrogens (tertiary/aromatic N) is 2. The minimum Gasteiger partial charge on any atom is -0.350 e. The van der Waals surface area contributed by atoms with Gasteiger partial charge in [-0.2, -0.15) is 0 Å². The summed E-state index contributed by atoms with van der Waals surface area (Å²) in [5.41, 5.74) is -0.576. The first kappa shape index (κ1) is 16.3. The molecule has 2 N–H and O–H groups in total. The van der Waals surface area contributed by atoms with Crippen LogP contribution in [0.3, 0.4) is 0 Å². The molecule has 0 bridgehead atoms. The molecule has 0 aliphatic carbocycles. The zero-order chi connectivity index (χ0) is 18.4. The summed E-state index contributed by atoms with van der Waals surface area (Å²) in [4.78, 5) is 45.2. The third-order valence-corrected chi connectivity index (χ3v) is 4.63. The highest BCUT2D eigenvalue weighted by atomic mass is 35.5. The van der Waals surface area contributed by atoms with E-state index in [0.717, 1.165) is 10.2 Å². The van der Waals surface area contributed by atoms with Crippen LogP contribution in [0, 0.1) is 0 Å². The number of hydrogen-bond donors (Lipinski definition) is 2. The molecule has 0 aliphatic heterocycles. The molecule has 8 heteroatoms. The monoisotopic (exact) mass is 368 g/mol. The molecule has 0 radical (unpaired) electrons. The lowest BCUT2D eigenvalue weighted by Gasteiger charge is -2.15. The van der Waals surface area contributed by atoms with Gasteiger partial charge < -0.3 is 4.98 Å². The maximum atomic E-state index is 13.0. The molecular formula is C18H13ClN4O3. The van der Waals surface area contributed by atoms with E-state index in [1.165, 1.54) is 6.07 Å². The molecule has 1 unspecified atom stereocenters. The minimum atomic E-state index is -0.575. The summed E-state index contributed by atoms with van der Waals surface area (Å²) in [6.45, 7) is 1.75. The van der Waals surface area contributed by atoms with Crippen molar-refractivity contribution < 1.29 is 0 Å². The first-order valence-corrected chi connectivity index (χ1v) is 8.25. The number of H-pyrrole nitrogens is 2. The molecule has 26 heavy (non-hydrogen) atoms. The third kappa shape index (κ3) is 2.44. The van der Waals surface area contributed by atoms with E-state index < -0.39 is 22.6 Å². The normalized spacial score (nSPS) is 12.5. The molecule has 0 amide bonds. The largest absolute Gasteiger partial charge is 0.350 e. The van der Waals surface area contributed by atoms with E-state index in [2.05, 4.69) is 15.1 Å². The summed E-state index contributed by atoms with van der Waals surface area (Å²) in [5, 5.41) is 3.08. The van der Waals surface area contributed by atoms with E-state index in [1.54, 1.807) is 43.6 Å². The minimum absolute atomic E-state index is 0.0654. The summed E-state index contributed by atoms with van der Waals surface area (Å²) in [5.74, 6) is 0. The van der Waals surface area contributed by atoms with Crippen molar-refractivity contribution in [2.45, 2.75) is 13.0 Å². The van der Waals surface area contributed by atoms with E-state index >= 15 is 0 Å².